The summed E-state index contributed by atoms with van der Waals surface area (Å²) in [5.74, 6) is 1.63. The van der Waals surface area contributed by atoms with Crippen molar-refractivity contribution in [1.82, 2.24) is 24.9 Å². The average molecular weight is 1350 g/mol. The number of amides is 1. The van der Waals surface area contributed by atoms with Gasteiger partial charge in [-0.3, -0.25) is 14.6 Å². The van der Waals surface area contributed by atoms with Crippen LogP contribution < -0.4 is 5.32 Å². The third kappa shape index (κ3) is 73.0. The topological polar surface area (TPSA) is 140 Å². The molecule has 0 fully saturated rings. The summed E-state index contributed by atoms with van der Waals surface area (Å²) in [5.41, 5.74) is 0. The number of aliphatic hydroxyl groups is 4. The predicted molar refractivity (Wildman–Crippen MR) is 413 cm³/mol. The first kappa shape index (κ1) is 93.5. The fourth-order valence-corrected chi connectivity index (χ4v) is 14.0. The van der Waals surface area contributed by atoms with Gasteiger partial charge in [-0.05, 0) is 156 Å². The van der Waals surface area contributed by atoms with Gasteiger partial charge in [0, 0.05) is 57.2 Å². The number of aliphatic hydroxyl groups excluding tert-OH is 4. The molecule has 0 spiro atoms. The number of hydrogen-bond acceptors (Lipinski definition) is 12. The molecule has 0 aromatic rings. The Bertz CT molecular complexity index is 1560. The Balaban J connectivity index is 0. The quantitative estimate of drug-likeness (QED) is 0.0171. The minimum Gasteiger partial charge on any atom is -0.392 e. The summed E-state index contributed by atoms with van der Waals surface area (Å²) >= 11 is 0. The molecule has 0 saturated carbocycles. The van der Waals surface area contributed by atoms with Crippen LogP contribution in [-0.4, -0.2) is 174 Å². The molecule has 11 nitrogen and oxygen atoms in total. The van der Waals surface area contributed by atoms with E-state index in [1.54, 1.807) is 10.8 Å². The van der Waals surface area contributed by atoms with Gasteiger partial charge in [-0.2, -0.15) is 0 Å². The summed E-state index contributed by atoms with van der Waals surface area (Å²) in [6.45, 7) is 21.8. The Labute approximate surface area is 586 Å². The SMILES string of the molecule is CCCCC/C=C\C/C=C\CCCCCCC(O)CN(CCCCSSCCC(C=O)NC(=O)CCCN(CC(O)CCCCCCCCCC)CC(O)CCCCCCCCCC)CC(O)CCCCCC/C=C\C/C=C\CCCCC.CCN(CC)CCN(C)C. The molecule has 0 aliphatic heterocycles. The first-order valence-electron chi connectivity index (χ1n) is 39.5. The van der Waals surface area contributed by atoms with Crippen LogP contribution >= 0.6 is 21.6 Å². The fraction of sp³-hybridized carbons (Fsp3) is 0.875. The highest BCUT2D eigenvalue weighted by molar-refractivity contribution is 8.76. The number of rotatable bonds is 72. The van der Waals surface area contributed by atoms with Gasteiger partial charge in [-0.15, -0.1) is 0 Å². The second kappa shape index (κ2) is 76.2. The van der Waals surface area contributed by atoms with Crippen LogP contribution in [0.5, 0.6) is 0 Å². The van der Waals surface area contributed by atoms with Crippen LogP contribution in [0.1, 0.15) is 330 Å². The lowest BCUT2D eigenvalue weighted by molar-refractivity contribution is -0.124. The number of hydrogen-bond donors (Lipinski definition) is 5. The molecule has 0 saturated heterocycles. The lowest BCUT2D eigenvalue weighted by Gasteiger charge is -2.27. The van der Waals surface area contributed by atoms with Crippen molar-refractivity contribution in [2.24, 2.45) is 0 Å². The Hall–Kier alpha value is -1.52. The lowest BCUT2D eigenvalue weighted by atomic mass is 10.0. The monoisotopic (exact) mass is 1350 g/mol. The predicted octanol–water partition coefficient (Wildman–Crippen LogP) is 19.8. The maximum atomic E-state index is 13.1. The van der Waals surface area contributed by atoms with E-state index >= 15 is 0 Å². The number of carbonyl (C=O) groups excluding carboxylic acids is 2. The van der Waals surface area contributed by atoms with Gasteiger partial charge in [0.1, 0.15) is 6.29 Å². The van der Waals surface area contributed by atoms with Crippen molar-refractivity contribution in [3.05, 3.63) is 48.6 Å². The Morgan fingerprint density at radius 3 is 1.06 bits per heavy atom. The van der Waals surface area contributed by atoms with E-state index in [1.807, 2.05) is 10.8 Å². The van der Waals surface area contributed by atoms with Crippen LogP contribution in [0.15, 0.2) is 48.6 Å². The van der Waals surface area contributed by atoms with Gasteiger partial charge in [0.05, 0.1) is 30.5 Å². The zero-order valence-electron chi connectivity index (χ0n) is 62.6. The molecular weight excluding hydrogens is 1190 g/mol. The fourth-order valence-electron chi connectivity index (χ4n) is 11.7. The number of aldehydes is 1. The van der Waals surface area contributed by atoms with Gasteiger partial charge in [-0.1, -0.05) is 279 Å². The van der Waals surface area contributed by atoms with Crippen LogP contribution in [0.3, 0.4) is 0 Å². The second-order valence-electron chi connectivity index (χ2n) is 27.4. The van der Waals surface area contributed by atoms with Gasteiger partial charge in [0.25, 0.3) is 0 Å². The summed E-state index contributed by atoms with van der Waals surface area (Å²) in [4.78, 5) is 34.3. The van der Waals surface area contributed by atoms with Gasteiger partial charge in [-0.25, -0.2) is 0 Å². The molecule has 13 heteroatoms. The van der Waals surface area contributed by atoms with Gasteiger partial charge >= 0.3 is 0 Å². The smallest absolute Gasteiger partial charge is 0.220 e. The van der Waals surface area contributed by atoms with Crippen LogP contribution in [0, 0.1) is 0 Å². The van der Waals surface area contributed by atoms with Gasteiger partial charge in [0.2, 0.25) is 5.91 Å². The molecule has 0 rings (SSSR count). The van der Waals surface area contributed by atoms with E-state index in [0.717, 1.165) is 140 Å². The third-order valence-electron chi connectivity index (χ3n) is 17.8. The highest BCUT2D eigenvalue weighted by atomic mass is 33.1. The van der Waals surface area contributed by atoms with Gasteiger partial charge < -0.3 is 40.3 Å². The molecule has 5 unspecified atom stereocenters. The molecule has 0 aromatic heterocycles. The first-order valence-corrected chi connectivity index (χ1v) is 42.0. The van der Waals surface area contributed by atoms with E-state index in [9.17, 15) is 30.0 Å². The minimum absolute atomic E-state index is 0.121. The third-order valence-corrected chi connectivity index (χ3v) is 20.4. The van der Waals surface area contributed by atoms with Crippen molar-refractivity contribution in [2.75, 3.05) is 91.0 Å². The van der Waals surface area contributed by atoms with Crippen molar-refractivity contribution in [1.29, 1.82) is 0 Å². The van der Waals surface area contributed by atoms with E-state index in [1.165, 1.54) is 180 Å². The number of nitrogens with one attached hydrogen (secondary N) is 1. The van der Waals surface area contributed by atoms with Crippen molar-refractivity contribution >= 4 is 33.8 Å². The first-order chi connectivity index (χ1) is 45.4. The molecule has 1 amide bonds. The zero-order chi connectivity index (χ0) is 68.6. The van der Waals surface area contributed by atoms with Crippen LogP contribution in [-0.2, 0) is 9.59 Å². The van der Waals surface area contributed by atoms with Gasteiger partial charge in [0.15, 0.2) is 0 Å². The summed E-state index contributed by atoms with van der Waals surface area (Å²) in [5, 5.41) is 47.4. The minimum atomic E-state index is -0.515. The molecule has 5 N–H and O–H groups in total. The van der Waals surface area contributed by atoms with E-state index in [2.05, 4.69) is 129 Å². The largest absolute Gasteiger partial charge is 0.392 e. The van der Waals surface area contributed by atoms with Crippen LogP contribution in [0.2, 0.25) is 0 Å². The summed E-state index contributed by atoms with van der Waals surface area (Å²) in [7, 11) is 7.80. The van der Waals surface area contributed by atoms with Crippen molar-refractivity contribution in [2.45, 2.75) is 361 Å². The zero-order valence-corrected chi connectivity index (χ0v) is 64.2. The molecular formula is C80H157N5O6S2. The molecule has 550 valence electrons. The maximum Gasteiger partial charge on any atom is 0.220 e. The Morgan fingerprint density at radius 1 is 0.366 bits per heavy atom. The van der Waals surface area contributed by atoms with E-state index < -0.39 is 18.2 Å². The summed E-state index contributed by atoms with van der Waals surface area (Å²) < 4.78 is 0. The highest BCUT2D eigenvalue weighted by Gasteiger charge is 2.19. The van der Waals surface area contributed by atoms with Crippen LogP contribution in [0.4, 0.5) is 0 Å². The maximum absolute atomic E-state index is 13.1. The normalized spacial score (nSPS) is 13.8. The van der Waals surface area contributed by atoms with E-state index in [0.29, 0.717) is 52.0 Å². The Morgan fingerprint density at radius 2 is 0.699 bits per heavy atom. The molecule has 5 atom stereocenters. The number of carbonyl (C=O) groups is 2. The number of nitrogens with zero attached hydrogens (tertiary/aromatic N) is 4. The number of allylic oxidation sites excluding steroid dienone is 8. The molecule has 0 aliphatic carbocycles. The van der Waals surface area contributed by atoms with E-state index in [-0.39, 0.29) is 18.1 Å². The Kier molecular flexibility index (Phi) is 76.7. The van der Waals surface area contributed by atoms with Crippen molar-refractivity contribution in [3.8, 4) is 0 Å². The van der Waals surface area contributed by atoms with Crippen molar-refractivity contribution < 1.29 is 30.0 Å². The number of likely N-dealkylation sites (N-methyl/N-ethyl adjacent to an activating group) is 2. The average Bonchev–Trinajstić information content (AvgIpc) is 3.76. The second-order valence-corrected chi connectivity index (χ2v) is 30.1. The number of unbranched alkanes of at least 4 members (excludes halogenated alkanes) is 29. The lowest BCUT2D eigenvalue weighted by Crippen LogP contribution is -2.40. The van der Waals surface area contributed by atoms with Crippen LogP contribution in [0.25, 0.3) is 0 Å². The molecule has 0 bridgehead atoms. The highest BCUT2D eigenvalue weighted by Crippen LogP contribution is 2.24. The standard InChI is InChI=1S/C72H137N3O6S2.C8H20N2/c1-5-9-13-17-21-25-27-29-31-33-35-39-43-47-52-68(77)62-74(63-69(78)53-48-44-40-36-34-32-30-28-26-22-18-14-10-6-2)58-49-50-60-82-83-61-57-67(66-76)73-72(81)56-51-59-75(64-70(79)54-45-41-37-23-19-15-11-7-3)65-71(80)55-46-42-38-24-20-16-12-8-4;1-5-10(6-2)8-7-9(3)4/h21-22,25-26,29-32,66-71,77-80H,5-20,23-24,27-28,33-65H2,1-4H3,(H,73,81);5-8H2,1-4H3/b25-21-,26-22-,31-29-,32-30-;. The molecule has 0 radical (unpaired) electrons. The summed E-state index contributed by atoms with van der Waals surface area (Å²) in [6, 6.07) is -0.515. The molecule has 0 aliphatic rings. The summed E-state index contributed by atoms with van der Waals surface area (Å²) in [6.07, 6.45) is 67.6. The molecule has 0 aromatic carbocycles. The van der Waals surface area contributed by atoms with E-state index in [4.69, 9.17) is 0 Å². The molecule has 0 heterocycles. The van der Waals surface area contributed by atoms with Crippen molar-refractivity contribution in [3.63, 3.8) is 0 Å². The molecule has 93 heavy (non-hydrogen) atoms.